The zero-order valence-corrected chi connectivity index (χ0v) is 41.1. The summed E-state index contributed by atoms with van der Waals surface area (Å²) in [5.74, 6) is 0. The van der Waals surface area contributed by atoms with E-state index in [1.165, 1.54) is 72.3 Å². The molecule has 75 heavy (non-hydrogen) atoms. The minimum Gasteiger partial charge on any atom is -0.455 e. The predicted molar refractivity (Wildman–Crippen MR) is 313 cm³/mol. The van der Waals surface area contributed by atoms with E-state index in [4.69, 9.17) is 4.42 Å². The molecule has 1 aliphatic rings. The van der Waals surface area contributed by atoms with Crippen molar-refractivity contribution >= 4 is 39.0 Å². The molecular formula is C73H49NO. The highest BCUT2D eigenvalue weighted by Gasteiger charge is 2.46. The summed E-state index contributed by atoms with van der Waals surface area (Å²) >= 11 is 0. The van der Waals surface area contributed by atoms with Crippen LogP contribution in [0.4, 0.5) is 17.1 Å². The Morgan fingerprint density at radius 3 is 1.33 bits per heavy atom. The summed E-state index contributed by atoms with van der Waals surface area (Å²) in [6.07, 6.45) is 0. The molecule has 0 N–H and O–H groups in total. The van der Waals surface area contributed by atoms with Gasteiger partial charge in [0.05, 0.1) is 5.41 Å². The van der Waals surface area contributed by atoms with E-state index in [9.17, 15) is 0 Å². The lowest BCUT2D eigenvalue weighted by molar-refractivity contribution is 0.670. The zero-order valence-electron chi connectivity index (χ0n) is 41.1. The SMILES string of the molecule is c1ccc(-c2ccccc2-c2c(-c3ccccc3)cccc2-c2ccc(N(c3ccc(-c4cccc5c4oc4ccccc45)cc3)c3ccc4c(c3)C(c3ccccc3)(c3ccccc3)c3ccccc3-4)cc2)cc1. The van der Waals surface area contributed by atoms with Gasteiger partial charge in [-0.1, -0.05) is 255 Å². The molecule has 0 bridgehead atoms. The number of benzene rings is 12. The largest absolute Gasteiger partial charge is 0.455 e. The molecular weight excluding hydrogens is 907 g/mol. The van der Waals surface area contributed by atoms with Crippen molar-refractivity contribution in [3.63, 3.8) is 0 Å². The van der Waals surface area contributed by atoms with Gasteiger partial charge in [0.25, 0.3) is 0 Å². The van der Waals surface area contributed by atoms with Gasteiger partial charge in [-0.3, -0.25) is 0 Å². The lowest BCUT2D eigenvalue weighted by Crippen LogP contribution is -2.28. The Morgan fingerprint density at radius 2 is 0.693 bits per heavy atom. The van der Waals surface area contributed by atoms with Crippen LogP contribution in [-0.2, 0) is 5.41 Å². The maximum atomic E-state index is 6.55. The molecule has 0 unspecified atom stereocenters. The first-order chi connectivity index (χ1) is 37.2. The van der Waals surface area contributed by atoms with Crippen LogP contribution in [0.5, 0.6) is 0 Å². The Bertz CT molecular complexity index is 4160. The lowest BCUT2D eigenvalue weighted by Gasteiger charge is -2.35. The summed E-state index contributed by atoms with van der Waals surface area (Å²) in [4.78, 5) is 2.42. The van der Waals surface area contributed by atoms with E-state index >= 15 is 0 Å². The highest BCUT2D eigenvalue weighted by atomic mass is 16.3. The van der Waals surface area contributed by atoms with Gasteiger partial charge in [-0.25, -0.2) is 0 Å². The van der Waals surface area contributed by atoms with E-state index in [1.807, 2.05) is 6.07 Å². The number of nitrogens with zero attached hydrogens (tertiary/aromatic N) is 1. The Labute approximate surface area is 437 Å². The van der Waals surface area contributed by atoms with Crippen molar-refractivity contribution < 1.29 is 4.42 Å². The zero-order chi connectivity index (χ0) is 49.7. The fourth-order valence-electron chi connectivity index (χ4n) is 12.1. The van der Waals surface area contributed by atoms with Crippen LogP contribution >= 0.6 is 0 Å². The molecule has 0 saturated carbocycles. The van der Waals surface area contributed by atoms with Crippen molar-refractivity contribution in [3.8, 4) is 66.8 Å². The third-order valence-corrected chi connectivity index (χ3v) is 15.4. The number of furan rings is 1. The Morgan fingerprint density at radius 1 is 0.267 bits per heavy atom. The fourth-order valence-corrected chi connectivity index (χ4v) is 12.1. The molecule has 2 nitrogen and oxygen atoms in total. The van der Waals surface area contributed by atoms with Crippen molar-refractivity contribution in [2.24, 2.45) is 0 Å². The van der Waals surface area contributed by atoms with Gasteiger partial charge in [0.15, 0.2) is 0 Å². The van der Waals surface area contributed by atoms with Crippen LogP contribution in [-0.4, -0.2) is 0 Å². The molecule has 1 heterocycles. The average Bonchev–Trinajstić information content (AvgIpc) is 4.08. The van der Waals surface area contributed by atoms with Gasteiger partial charge in [0, 0.05) is 33.4 Å². The quantitative estimate of drug-likeness (QED) is 0.136. The standard InChI is InChI=1S/C73H49NO/c1-5-21-50(22-6-1)59-29-13-14-32-66(59)71-60(51-23-7-2-8-24-51)33-19-34-61(71)52-39-43-56(44-40-52)74(57-45-41-53(42-46-57)62-35-20-36-67-65-31-16-18-38-70(65)75-72(62)67)58-47-48-64-63-30-15-17-37-68(63)73(69(64)49-58,54-25-9-3-10-26-54)55-27-11-4-12-28-55/h1-49H. The predicted octanol–water partition coefficient (Wildman–Crippen LogP) is 19.8. The van der Waals surface area contributed by atoms with Crippen LogP contribution in [0.15, 0.2) is 302 Å². The van der Waals surface area contributed by atoms with Gasteiger partial charge < -0.3 is 9.32 Å². The first-order valence-corrected chi connectivity index (χ1v) is 25.8. The van der Waals surface area contributed by atoms with Crippen molar-refractivity contribution in [3.05, 3.63) is 320 Å². The molecule has 13 aromatic rings. The summed E-state index contributed by atoms with van der Waals surface area (Å²) in [5.41, 5.74) is 23.6. The average molecular weight is 956 g/mol. The number of rotatable bonds is 10. The maximum Gasteiger partial charge on any atom is 0.143 e. The number of anilines is 3. The van der Waals surface area contributed by atoms with E-state index < -0.39 is 5.41 Å². The van der Waals surface area contributed by atoms with E-state index in [1.54, 1.807) is 0 Å². The third kappa shape index (κ3) is 7.33. The van der Waals surface area contributed by atoms with Crippen LogP contribution in [0.3, 0.4) is 0 Å². The van der Waals surface area contributed by atoms with E-state index in [-0.39, 0.29) is 0 Å². The molecule has 0 saturated heterocycles. The molecule has 0 aliphatic heterocycles. The molecule has 14 rings (SSSR count). The second-order valence-corrected chi connectivity index (χ2v) is 19.5. The lowest BCUT2D eigenvalue weighted by atomic mass is 9.67. The molecule has 0 atom stereocenters. The molecule has 0 spiro atoms. The number of hydrogen-bond acceptors (Lipinski definition) is 2. The highest BCUT2D eigenvalue weighted by Crippen LogP contribution is 2.57. The molecule has 352 valence electrons. The van der Waals surface area contributed by atoms with Crippen molar-refractivity contribution in [1.82, 2.24) is 0 Å². The summed E-state index contributed by atoms with van der Waals surface area (Å²) < 4.78 is 6.55. The van der Waals surface area contributed by atoms with Gasteiger partial charge in [-0.15, -0.1) is 0 Å². The number of hydrogen-bond donors (Lipinski definition) is 0. The molecule has 2 heteroatoms. The molecule has 0 fully saturated rings. The Hall–Kier alpha value is -9.76. The number of fused-ring (bicyclic) bond motifs is 6. The highest BCUT2D eigenvalue weighted by molar-refractivity contribution is 6.09. The first-order valence-electron chi connectivity index (χ1n) is 25.8. The normalized spacial score (nSPS) is 12.4. The van der Waals surface area contributed by atoms with Crippen molar-refractivity contribution in [2.45, 2.75) is 5.41 Å². The second-order valence-electron chi connectivity index (χ2n) is 19.5. The molecule has 1 aliphatic carbocycles. The van der Waals surface area contributed by atoms with Crippen molar-refractivity contribution in [2.75, 3.05) is 4.90 Å². The molecule has 12 aromatic carbocycles. The summed E-state index contributed by atoms with van der Waals surface area (Å²) in [6, 6.07) is 108. The third-order valence-electron chi connectivity index (χ3n) is 15.4. The Balaban J connectivity index is 0.955. The summed E-state index contributed by atoms with van der Waals surface area (Å²) in [5, 5.41) is 2.25. The van der Waals surface area contributed by atoms with Crippen LogP contribution in [0, 0.1) is 0 Å². The van der Waals surface area contributed by atoms with Gasteiger partial charge in [0.1, 0.15) is 11.2 Å². The van der Waals surface area contributed by atoms with E-state index in [0.29, 0.717) is 0 Å². The van der Waals surface area contributed by atoms with Gasteiger partial charge in [-0.2, -0.15) is 0 Å². The minimum atomic E-state index is -0.550. The number of para-hydroxylation sites is 2. The first kappa shape index (κ1) is 44.0. The monoisotopic (exact) mass is 955 g/mol. The molecule has 0 radical (unpaired) electrons. The van der Waals surface area contributed by atoms with Crippen LogP contribution in [0.1, 0.15) is 22.3 Å². The Kier molecular flexibility index (Phi) is 10.8. The summed E-state index contributed by atoms with van der Waals surface area (Å²) in [7, 11) is 0. The summed E-state index contributed by atoms with van der Waals surface area (Å²) in [6.45, 7) is 0. The smallest absolute Gasteiger partial charge is 0.143 e. The topological polar surface area (TPSA) is 16.4 Å². The van der Waals surface area contributed by atoms with Crippen LogP contribution in [0.25, 0.3) is 88.7 Å². The van der Waals surface area contributed by atoms with Gasteiger partial charge >= 0.3 is 0 Å². The van der Waals surface area contributed by atoms with Crippen LogP contribution < -0.4 is 4.90 Å². The van der Waals surface area contributed by atoms with E-state index in [0.717, 1.165) is 55.7 Å². The fraction of sp³-hybridized carbons (Fsp3) is 0.0137. The minimum absolute atomic E-state index is 0.550. The van der Waals surface area contributed by atoms with Gasteiger partial charge in [0.2, 0.25) is 0 Å². The van der Waals surface area contributed by atoms with E-state index in [2.05, 4.69) is 296 Å². The molecule has 0 amide bonds. The van der Waals surface area contributed by atoms with Gasteiger partial charge in [-0.05, 0) is 126 Å². The maximum absolute atomic E-state index is 6.55. The second kappa shape index (κ2) is 18.4. The van der Waals surface area contributed by atoms with Crippen molar-refractivity contribution in [1.29, 1.82) is 0 Å². The molecule has 1 aromatic heterocycles. The van der Waals surface area contributed by atoms with Crippen LogP contribution in [0.2, 0.25) is 0 Å².